The van der Waals surface area contributed by atoms with Crippen molar-refractivity contribution in [3.05, 3.63) is 0 Å². The van der Waals surface area contributed by atoms with Crippen LogP contribution in [0.3, 0.4) is 0 Å². The second-order valence-corrected chi connectivity index (χ2v) is 2.26. The number of rotatable bonds is 6. The van der Waals surface area contributed by atoms with E-state index in [0.29, 0.717) is 13.2 Å². The van der Waals surface area contributed by atoms with E-state index in [1.807, 2.05) is 6.92 Å². The Balaban J connectivity index is 3.09. The Morgan fingerprint density at radius 1 is 1.40 bits per heavy atom. The molecule has 0 aromatic carbocycles. The van der Waals surface area contributed by atoms with Gasteiger partial charge in [-0.2, -0.15) is 0 Å². The van der Waals surface area contributed by atoms with Gasteiger partial charge in [0, 0.05) is 12.5 Å². The maximum atomic E-state index is 8.68. The molecule has 0 saturated heterocycles. The largest absolute Gasteiger partial charge is 0.396 e. The molecule has 0 amide bonds. The van der Waals surface area contributed by atoms with Crippen molar-refractivity contribution < 1.29 is 14.9 Å². The van der Waals surface area contributed by atoms with Crippen molar-refractivity contribution in [3.8, 4) is 0 Å². The van der Waals surface area contributed by atoms with Crippen LogP contribution in [0.15, 0.2) is 0 Å². The summed E-state index contributed by atoms with van der Waals surface area (Å²) < 4.78 is 5.02. The van der Waals surface area contributed by atoms with Crippen LogP contribution in [0.25, 0.3) is 0 Å². The molecule has 0 spiro atoms. The zero-order valence-corrected chi connectivity index (χ0v) is 6.42. The van der Waals surface area contributed by atoms with Crippen LogP contribution in [0.2, 0.25) is 0 Å². The molecule has 3 heteroatoms. The van der Waals surface area contributed by atoms with Gasteiger partial charge in [-0.1, -0.05) is 6.92 Å². The molecule has 0 rings (SSSR count). The lowest BCUT2D eigenvalue weighted by Crippen LogP contribution is -2.14. The summed E-state index contributed by atoms with van der Waals surface area (Å²) in [4.78, 5) is 0. The first kappa shape index (κ1) is 9.88. The van der Waals surface area contributed by atoms with Crippen LogP contribution in [-0.2, 0) is 4.74 Å². The zero-order valence-electron chi connectivity index (χ0n) is 6.42. The fourth-order valence-corrected chi connectivity index (χ4v) is 0.614. The molecule has 0 bridgehead atoms. The molecule has 10 heavy (non-hydrogen) atoms. The van der Waals surface area contributed by atoms with Gasteiger partial charge in [0.2, 0.25) is 0 Å². The van der Waals surface area contributed by atoms with E-state index in [-0.39, 0.29) is 19.1 Å². The first-order valence-corrected chi connectivity index (χ1v) is 3.64. The normalized spacial score (nSPS) is 13.5. The van der Waals surface area contributed by atoms with Gasteiger partial charge in [-0.25, -0.2) is 0 Å². The summed E-state index contributed by atoms with van der Waals surface area (Å²) in [6, 6.07) is 0. The molecule has 0 aliphatic rings. The molecular formula is C7H16O3. The second-order valence-electron chi connectivity index (χ2n) is 2.26. The molecule has 0 heterocycles. The standard InChI is InChI=1S/C7H16O3/c1-2-7(5-9)6-10-4-3-8/h7-9H,2-6H2,1H3. The smallest absolute Gasteiger partial charge is 0.0697 e. The van der Waals surface area contributed by atoms with Crippen LogP contribution in [0, 0.1) is 5.92 Å². The Hall–Kier alpha value is -0.120. The lowest BCUT2D eigenvalue weighted by molar-refractivity contribution is 0.0489. The predicted octanol–water partition coefficient (Wildman–Crippen LogP) is 0.0138. The van der Waals surface area contributed by atoms with E-state index in [4.69, 9.17) is 14.9 Å². The van der Waals surface area contributed by atoms with Gasteiger partial charge in [0.25, 0.3) is 0 Å². The van der Waals surface area contributed by atoms with Gasteiger partial charge in [0.15, 0.2) is 0 Å². The molecule has 0 aliphatic carbocycles. The van der Waals surface area contributed by atoms with E-state index in [9.17, 15) is 0 Å². The van der Waals surface area contributed by atoms with E-state index in [2.05, 4.69) is 0 Å². The fourth-order valence-electron chi connectivity index (χ4n) is 0.614. The van der Waals surface area contributed by atoms with Crippen molar-refractivity contribution in [3.63, 3.8) is 0 Å². The third-order valence-corrected chi connectivity index (χ3v) is 1.42. The Morgan fingerprint density at radius 2 is 2.10 bits per heavy atom. The molecule has 1 unspecified atom stereocenters. The van der Waals surface area contributed by atoms with E-state index < -0.39 is 0 Å². The summed E-state index contributed by atoms with van der Waals surface area (Å²) in [5.74, 6) is 0.228. The topological polar surface area (TPSA) is 49.7 Å². The summed E-state index contributed by atoms with van der Waals surface area (Å²) in [5, 5.41) is 17.0. The maximum absolute atomic E-state index is 8.68. The average Bonchev–Trinajstić information content (AvgIpc) is 1.99. The maximum Gasteiger partial charge on any atom is 0.0697 e. The van der Waals surface area contributed by atoms with Gasteiger partial charge in [-0.05, 0) is 6.42 Å². The third-order valence-electron chi connectivity index (χ3n) is 1.42. The average molecular weight is 148 g/mol. The minimum absolute atomic E-state index is 0.0574. The van der Waals surface area contributed by atoms with Crippen LogP contribution in [0.1, 0.15) is 13.3 Å². The van der Waals surface area contributed by atoms with Gasteiger partial charge in [0.05, 0.1) is 19.8 Å². The van der Waals surface area contributed by atoms with Crippen LogP contribution in [-0.4, -0.2) is 36.6 Å². The van der Waals surface area contributed by atoms with E-state index in [1.54, 1.807) is 0 Å². The zero-order chi connectivity index (χ0) is 7.82. The number of ether oxygens (including phenoxy) is 1. The second kappa shape index (κ2) is 6.99. The summed E-state index contributed by atoms with van der Waals surface area (Å²) in [5.41, 5.74) is 0. The Labute approximate surface area is 61.6 Å². The van der Waals surface area contributed by atoms with Crippen LogP contribution < -0.4 is 0 Å². The third kappa shape index (κ3) is 4.73. The van der Waals surface area contributed by atoms with Gasteiger partial charge in [0.1, 0.15) is 0 Å². The number of aliphatic hydroxyl groups excluding tert-OH is 2. The molecule has 0 aliphatic heterocycles. The highest BCUT2D eigenvalue weighted by Gasteiger charge is 2.02. The van der Waals surface area contributed by atoms with Crippen LogP contribution in [0.4, 0.5) is 0 Å². The highest BCUT2D eigenvalue weighted by molar-refractivity contribution is 4.51. The molecule has 0 aromatic rings. The van der Waals surface area contributed by atoms with Crippen molar-refractivity contribution in [2.24, 2.45) is 5.92 Å². The lowest BCUT2D eigenvalue weighted by atomic mass is 10.1. The fraction of sp³-hybridized carbons (Fsp3) is 1.00. The van der Waals surface area contributed by atoms with Gasteiger partial charge < -0.3 is 14.9 Å². The molecule has 1 atom stereocenters. The quantitative estimate of drug-likeness (QED) is 0.522. The van der Waals surface area contributed by atoms with Gasteiger partial charge >= 0.3 is 0 Å². The Bertz CT molecular complexity index is 61.9. The minimum Gasteiger partial charge on any atom is -0.396 e. The van der Waals surface area contributed by atoms with E-state index in [1.165, 1.54) is 0 Å². The van der Waals surface area contributed by atoms with Crippen LogP contribution >= 0.6 is 0 Å². The van der Waals surface area contributed by atoms with Gasteiger partial charge in [-0.15, -0.1) is 0 Å². The van der Waals surface area contributed by atoms with E-state index in [0.717, 1.165) is 6.42 Å². The summed E-state index contributed by atoms with van der Waals surface area (Å²) in [6.07, 6.45) is 0.919. The molecule has 3 nitrogen and oxygen atoms in total. The summed E-state index contributed by atoms with van der Waals surface area (Å²) in [7, 11) is 0. The number of aliphatic hydroxyl groups is 2. The SMILES string of the molecule is CCC(CO)COCCO. The number of hydrogen-bond acceptors (Lipinski definition) is 3. The minimum atomic E-state index is 0.0574. The van der Waals surface area contributed by atoms with Crippen molar-refractivity contribution in [2.45, 2.75) is 13.3 Å². The van der Waals surface area contributed by atoms with Crippen LogP contribution in [0.5, 0.6) is 0 Å². The van der Waals surface area contributed by atoms with Crippen molar-refractivity contribution >= 4 is 0 Å². The highest BCUT2D eigenvalue weighted by atomic mass is 16.5. The van der Waals surface area contributed by atoms with Crippen molar-refractivity contribution in [1.29, 1.82) is 0 Å². The van der Waals surface area contributed by atoms with Crippen molar-refractivity contribution in [1.82, 2.24) is 0 Å². The monoisotopic (exact) mass is 148 g/mol. The molecule has 0 fully saturated rings. The molecule has 0 aromatic heterocycles. The molecule has 2 N–H and O–H groups in total. The van der Waals surface area contributed by atoms with Gasteiger partial charge in [-0.3, -0.25) is 0 Å². The molecule has 62 valence electrons. The number of hydrogen-bond donors (Lipinski definition) is 2. The first-order chi connectivity index (χ1) is 4.85. The van der Waals surface area contributed by atoms with Crippen molar-refractivity contribution in [2.75, 3.05) is 26.4 Å². The Morgan fingerprint density at radius 3 is 2.50 bits per heavy atom. The molecule has 0 radical (unpaired) electrons. The predicted molar refractivity (Wildman–Crippen MR) is 38.8 cm³/mol. The molecule has 0 saturated carbocycles. The van der Waals surface area contributed by atoms with E-state index >= 15 is 0 Å². The summed E-state index contributed by atoms with van der Waals surface area (Å²) >= 11 is 0. The summed E-state index contributed by atoms with van der Waals surface area (Å²) in [6.45, 7) is 3.15. The first-order valence-electron chi connectivity index (χ1n) is 3.64. The Kier molecular flexibility index (Phi) is 6.91. The molecular weight excluding hydrogens is 132 g/mol. The lowest BCUT2D eigenvalue weighted by Gasteiger charge is -2.10. The highest BCUT2D eigenvalue weighted by Crippen LogP contribution is 2.00.